The van der Waals surface area contributed by atoms with Gasteiger partial charge >= 0.3 is 6.03 Å². The standard InChI is InChI=1S/C19H18N2O3/c1-13-7-9-14(10-8-13)12-21-18(22)16(20-19(21)23)11-15-5-3-4-6-17(15)24-2/h3-11H,12H2,1-2H3,(H,20,23)/b16-11+. The second-order valence-electron chi connectivity index (χ2n) is 5.61. The maximum Gasteiger partial charge on any atom is 0.329 e. The van der Waals surface area contributed by atoms with Gasteiger partial charge in [-0.2, -0.15) is 0 Å². The van der Waals surface area contributed by atoms with E-state index in [0.29, 0.717) is 5.75 Å². The number of nitrogens with zero attached hydrogens (tertiary/aromatic N) is 1. The zero-order chi connectivity index (χ0) is 17.1. The molecule has 1 N–H and O–H groups in total. The molecular weight excluding hydrogens is 304 g/mol. The minimum absolute atomic E-state index is 0.244. The van der Waals surface area contributed by atoms with Gasteiger partial charge in [0.1, 0.15) is 11.4 Å². The third-order valence-corrected chi connectivity index (χ3v) is 3.86. The SMILES string of the molecule is COc1ccccc1/C=C1/NC(=O)N(Cc2ccc(C)cc2)C1=O. The van der Waals surface area contributed by atoms with Gasteiger partial charge in [-0.1, -0.05) is 48.0 Å². The third-order valence-electron chi connectivity index (χ3n) is 3.86. The van der Waals surface area contributed by atoms with Crippen molar-refractivity contribution < 1.29 is 14.3 Å². The highest BCUT2D eigenvalue weighted by atomic mass is 16.5. The van der Waals surface area contributed by atoms with Crippen molar-refractivity contribution in [2.75, 3.05) is 7.11 Å². The Morgan fingerprint density at radius 3 is 2.50 bits per heavy atom. The van der Waals surface area contributed by atoms with Gasteiger partial charge in [-0.05, 0) is 24.6 Å². The molecule has 0 bridgehead atoms. The van der Waals surface area contributed by atoms with Gasteiger partial charge in [0.05, 0.1) is 13.7 Å². The van der Waals surface area contributed by atoms with Crippen molar-refractivity contribution in [3.05, 3.63) is 70.9 Å². The largest absolute Gasteiger partial charge is 0.496 e. The lowest BCUT2D eigenvalue weighted by Crippen LogP contribution is -2.30. The fourth-order valence-electron chi connectivity index (χ4n) is 2.53. The quantitative estimate of drug-likeness (QED) is 0.695. The molecule has 0 atom stereocenters. The molecular formula is C19H18N2O3. The minimum atomic E-state index is -0.415. The van der Waals surface area contributed by atoms with Crippen LogP contribution >= 0.6 is 0 Å². The number of imide groups is 1. The van der Waals surface area contributed by atoms with Crippen LogP contribution in [0.15, 0.2) is 54.2 Å². The maximum atomic E-state index is 12.5. The molecule has 0 unspecified atom stereocenters. The van der Waals surface area contributed by atoms with Gasteiger partial charge in [0.25, 0.3) is 5.91 Å². The Hall–Kier alpha value is -3.08. The fourth-order valence-corrected chi connectivity index (χ4v) is 2.53. The van der Waals surface area contributed by atoms with Gasteiger partial charge < -0.3 is 10.1 Å². The molecule has 5 heteroatoms. The molecule has 0 aliphatic carbocycles. The summed E-state index contributed by atoms with van der Waals surface area (Å²) in [5.74, 6) is 0.301. The van der Waals surface area contributed by atoms with E-state index < -0.39 is 6.03 Å². The molecule has 0 saturated carbocycles. The Morgan fingerprint density at radius 2 is 1.79 bits per heavy atom. The Balaban J connectivity index is 1.83. The highest BCUT2D eigenvalue weighted by molar-refractivity contribution is 6.14. The summed E-state index contributed by atoms with van der Waals surface area (Å²) in [5.41, 5.74) is 3.02. The number of methoxy groups -OCH3 is 1. The molecule has 5 nitrogen and oxygen atoms in total. The molecule has 0 aromatic heterocycles. The van der Waals surface area contributed by atoms with E-state index in [1.165, 1.54) is 4.90 Å². The molecule has 1 aliphatic rings. The highest BCUT2D eigenvalue weighted by Gasteiger charge is 2.33. The van der Waals surface area contributed by atoms with Crippen LogP contribution in [-0.4, -0.2) is 23.9 Å². The van der Waals surface area contributed by atoms with Crippen LogP contribution in [0.4, 0.5) is 4.79 Å². The van der Waals surface area contributed by atoms with Crippen LogP contribution in [0.5, 0.6) is 5.75 Å². The Labute approximate surface area is 140 Å². The summed E-state index contributed by atoms with van der Waals surface area (Å²) in [6.07, 6.45) is 1.63. The average molecular weight is 322 g/mol. The maximum absolute atomic E-state index is 12.5. The minimum Gasteiger partial charge on any atom is -0.496 e. The van der Waals surface area contributed by atoms with Crippen LogP contribution in [0.2, 0.25) is 0 Å². The number of ether oxygens (including phenoxy) is 1. The van der Waals surface area contributed by atoms with E-state index in [0.717, 1.165) is 16.7 Å². The zero-order valence-electron chi connectivity index (χ0n) is 13.6. The lowest BCUT2D eigenvalue weighted by Gasteiger charge is -2.11. The van der Waals surface area contributed by atoms with Crippen molar-refractivity contribution in [3.63, 3.8) is 0 Å². The van der Waals surface area contributed by atoms with Crippen LogP contribution in [0.1, 0.15) is 16.7 Å². The first-order valence-electron chi connectivity index (χ1n) is 7.61. The van der Waals surface area contributed by atoms with E-state index in [1.54, 1.807) is 19.3 Å². The number of hydrogen-bond acceptors (Lipinski definition) is 3. The van der Waals surface area contributed by atoms with Gasteiger partial charge in [0.15, 0.2) is 0 Å². The van der Waals surface area contributed by atoms with Crippen LogP contribution in [0.25, 0.3) is 6.08 Å². The number of hydrogen-bond donors (Lipinski definition) is 1. The Bertz CT molecular complexity index is 810. The van der Waals surface area contributed by atoms with Crippen LogP contribution in [-0.2, 0) is 11.3 Å². The van der Waals surface area contributed by atoms with Gasteiger partial charge in [-0.15, -0.1) is 0 Å². The molecule has 3 amide bonds. The summed E-state index contributed by atoms with van der Waals surface area (Å²) in [5, 5.41) is 2.63. The summed E-state index contributed by atoms with van der Waals surface area (Å²) in [4.78, 5) is 25.9. The topological polar surface area (TPSA) is 58.6 Å². The first kappa shape index (κ1) is 15.8. The fraction of sp³-hybridized carbons (Fsp3) is 0.158. The normalized spacial score (nSPS) is 15.8. The molecule has 1 aliphatic heterocycles. The number of benzene rings is 2. The van der Waals surface area contributed by atoms with Gasteiger partial charge in [0.2, 0.25) is 0 Å². The number of rotatable bonds is 4. The van der Waals surface area contributed by atoms with E-state index in [-0.39, 0.29) is 18.1 Å². The average Bonchev–Trinajstić information content (AvgIpc) is 2.85. The van der Waals surface area contributed by atoms with Crippen molar-refractivity contribution in [1.82, 2.24) is 10.2 Å². The number of aryl methyl sites for hydroxylation is 1. The van der Waals surface area contributed by atoms with Gasteiger partial charge in [-0.25, -0.2) is 4.79 Å². The third kappa shape index (κ3) is 3.15. The lowest BCUT2D eigenvalue weighted by atomic mass is 10.1. The summed E-state index contributed by atoms with van der Waals surface area (Å²) in [6, 6.07) is 14.7. The molecule has 122 valence electrons. The number of para-hydroxylation sites is 1. The van der Waals surface area contributed by atoms with E-state index in [4.69, 9.17) is 4.74 Å². The number of nitrogens with one attached hydrogen (secondary N) is 1. The summed E-state index contributed by atoms with van der Waals surface area (Å²) in [7, 11) is 1.57. The van der Waals surface area contributed by atoms with Crippen molar-refractivity contribution in [1.29, 1.82) is 0 Å². The first-order valence-corrected chi connectivity index (χ1v) is 7.61. The van der Waals surface area contributed by atoms with E-state index in [1.807, 2.05) is 49.4 Å². The summed E-state index contributed by atoms with van der Waals surface area (Å²) < 4.78 is 5.27. The molecule has 3 rings (SSSR count). The van der Waals surface area contributed by atoms with Crippen LogP contribution in [0.3, 0.4) is 0 Å². The molecule has 0 spiro atoms. The van der Waals surface area contributed by atoms with Gasteiger partial charge in [0, 0.05) is 5.56 Å². The van der Waals surface area contributed by atoms with E-state index >= 15 is 0 Å². The lowest BCUT2D eigenvalue weighted by molar-refractivity contribution is -0.123. The number of carbonyl (C=O) groups excluding carboxylic acids is 2. The van der Waals surface area contributed by atoms with Crippen molar-refractivity contribution in [3.8, 4) is 5.75 Å². The predicted octanol–water partition coefficient (Wildman–Crippen LogP) is 3.10. The second-order valence-corrected chi connectivity index (χ2v) is 5.61. The Morgan fingerprint density at radius 1 is 1.08 bits per heavy atom. The number of amides is 3. The zero-order valence-corrected chi connectivity index (χ0v) is 13.6. The monoisotopic (exact) mass is 322 g/mol. The second kappa shape index (κ2) is 6.58. The molecule has 1 heterocycles. The highest BCUT2D eigenvalue weighted by Crippen LogP contribution is 2.23. The number of urea groups is 1. The van der Waals surface area contributed by atoms with Crippen molar-refractivity contribution in [2.24, 2.45) is 0 Å². The van der Waals surface area contributed by atoms with Crippen molar-refractivity contribution in [2.45, 2.75) is 13.5 Å². The number of carbonyl (C=O) groups is 2. The van der Waals surface area contributed by atoms with Crippen LogP contribution in [0, 0.1) is 6.92 Å². The van der Waals surface area contributed by atoms with Gasteiger partial charge in [-0.3, -0.25) is 9.69 Å². The molecule has 1 saturated heterocycles. The molecule has 0 radical (unpaired) electrons. The van der Waals surface area contributed by atoms with E-state index in [2.05, 4.69) is 5.32 Å². The molecule has 2 aromatic rings. The Kier molecular flexibility index (Phi) is 4.33. The molecule has 2 aromatic carbocycles. The molecule has 1 fully saturated rings. The first-order chi connectivity index (χ1) is 11.6. The summed E-state index contributed by atoms with van der Waals surface area (Å²) >= 11 is 0. The van der Waals surface area contributed by atoms with Crippen molar-refractivity contribution >= 4 is 18.0 Å². The molecule has 24 heavy (non-hydrogen) atoms. The van der Waals surface area contributed by atoms with E-state index in [9.17, 15) is 9.59 Å². The predicted molar refractivity (Wildman–Crippen MR) is 91.2 cm³/mol. The summed E-state index contributed by atoms with van der Waals surface area (Å²) in [6.45, 7) is 2.24. The van der Waals surface area contributed by atoms with Crippen LogP contribution < -0.4 is 10.1 Å². The smallest absolute Gasteiger partial charge is 0.329 e.